The van der Waals surface area contributed by atoms with E-state index in [-0.39, 0.29) is 40.3 Å². The largest absolute Gasteiger partial charge is 0.462 e. The van der Waals surface area contributed by atoms with E-state index < -0.39 is 35.1 Å². The number of esters is 1. The third-order valence-electron chi connectivity index (χ3n) is 14.2. The number of carbonyl (C=O) groups is 1. The summed E-state index contributed by atoms with van der Waals surface area (Å²) >= 11 is 0. The molecule has 0 aromatic rings. The maximum Gasteiger partial charge on any atom is 0.333 e. The van der Waals surface area contributed by atoms with E-state index in [0.717, 1.165) is 44.1 Å². The first-order chi connectivity index (χ1) is 18.8. The Bertz CT molecular complexity index is 1140. The molecule has 0 amide bonds. The lowest BCUT2D eigenvalue weighted by Crippen LogP contribution is -2.74. The summed E-state index contributed by atoms with van der Waals surface area (Å²) in [4.78, 5) is 12.8. The molecule has 0 radical (unpaired) electrons. The summed E-state index contributed by atoms with van der Waals surface area (Å²) in [6, 6.07) is 0. The van der Waals surface area contributed by atoms with Gasteiger partial charge in [0.25, 0.3) is 0 Å². The van der Waals surface area contributed by atoms with Crippen LogP contribution in [0.15, 0.2) is 23.3 Å². The molecule has 0 saturated heterocycles. The van der Waals surface area contributed by atoms with Crippen LogP contribution in [0.25, 0.3) is 0 Å². The van der Waals surface area contributed by atoms with Gasteiger partial charge in [-0.25, -0.2) is 4.79 Å². The zero-order valence-electron chi connectivity index (χ0n) is 27.0. The fourth-order valence-corrected chi connectivity index (χ4v) is 11.4. The van der Waals surface area contributed by atoms with Gasteiger partial charge in [-0.05, 0) is 98.2 Å². The first-order valence-electron chi connectivity index (χ1n) is 16.1. The van der Waals surface area contributed by atoms with Crippen LogP contribution in [0, 0.1) is 50.2 Å². The van der Waals surface area contributed by atoms with Gasteiger partial charge in [0, 0.05) is 11.0 Å². The van der Waals surface area contributed by atoms with Crippen LogP contribution < -0.4 is 0 Å². The lowest BCUT2D eigenvalue weighted by molar-refractivity contribution is -0.273. The average molecular weight is 573 g/mol. The van der Waals surface area contributed by atoms with E-state index in [1.54, 1.807) is 19.9 Å². The summed E-state index contributed by atoms with van der Waals surface area (Å²) in [5.74, 6) is -0.00730. The van der Waals surface area contributed by atoms with E-state index in [1.165, 1.54) is 0 Å². The van der Waals surface area contributed by atoms with Crippen LogP contribution in [0.2, 0.25) is 0 Å². The van der Waals surface area contributed by atoms with Crippen molar-refractivity contribution in [3.05, 3.63) is 23.3 Å². The molecule has 0 bridgehead atoms. The molecule has 5 aliphatic rings. The molecule has 0 aliphatic heterocycles. The molecular weight excluding hydrogens is 516 g/mol. The van der Waals surface area contributed by atoms with Gasteiger partial charge < -0.3 is 25.2 Å². The van der Waals surface area contributed by atoms with E-state index >= 15 is 0 Å². The molecule has 6 heteroatoms. The number of rotatable bonds is 3. The van der Waals surface area contributed by atoms with Crippen molar-refractivity contribution in [3.63, 3.8) is 0 Å². The Kier molecular flexibility index (Phi) is 7.34. The van der Waals surface area contributed by atoms with Crippen LogP contribution in [-0.4, -0.2) is 57.4 Å². The molecule has 4 N–H and O–H groups in total. The molecule has 11 atom stereocenters. The summed E-state index contributed by atoms with van der Waals surface area (Å²) in [6.45, 7) is 19.1. The van der Waals surface area contributed by atoms with Crippen molar-refractivity contribution < 1.29 is 30.0 Å². The first kappa shape index (κ1) is 31.2. The summed E-state index contributed by atoms with van der Waals surface area (Å²) in [6.07, 6.45) is 6.18. The monoisotopic (exact) mass is 572 g/mol. The lowest BCUT2D eigenvalue weighted by Gasteiger charge is -2.73. The number of aliphatic hydroxyl groups is 4. The number of aliphatic hydroxyl groups excluding tert-OH is 4. The second-order valence-corrected chi connectivity index (χ2v) is 16.7. The average Bonchev–Trinajstić information content (AvgIpc) is 2.88. The van der Waals surface area contributed by atoms with Crippen molar-refractivity contribution in [2.45, 2.75) is 132 Å². The molecule has 0 aromatic carbocycles. The molecule has 5 aliphatic carbocycles. The lowest BCUT2D eigenvalue weighted by atomic mass is 9.32. The molecule has 11 unspecified atom stereocenters. The van der Waals surface area contributed by atoms with Crippen LogP contribution in [0.4, 0.5) is 0 Å². The van der Waals surface area contributed by atoms with Crippen LogP contribution >= 0.6 is 0 Å². The summed E-state index contributed by atoms with van der Waals surface area (Å²) < 4.78 is 5.83. The maximum absolute atomic E-state index is 12.8. The number of fused-ring (bicyclic) bond motifs is 7. The van der Waals surface area contributed by atoms with Gasteiger partial charge in [0.15, 0.2) is 0 Å². The Morgan fingerprint density at radius 3 is 2.22 bits per heavy atom. The highest BCUT2D eigenvalue weighted by molar-refractivity contribution is 5.87. The van der Waals surface area contributed by atoms with Crippen molar-refractivity contribution in [1.82, 2.24) is 0 Å². The van der Waals surface area contributed by atoms with Gasteiger partial charge >= 0.3 is 5.97 Å². The zero-order chi connectivity index (χ0) is 30.6. The number of hydrogen-bond donors (Lipinski definition) is 4. The molecular formula is C35H56O6. The van der Waals surface area contributed by atoms with Crippen molar-refractivity contribution in [1.29, 1.82) is 0 Å². The Morgan fingerprint density at radius 1 is 0.927 bits per heavy atom. The summed E-state index contributed by atoms with van der Waals surface area (Å²) in [5, 5.41) is 47.4. The Hall–Kier alpha value is -1.21. The van der Waals surface area contributed by atoms with Crippen molar-refractivity contribution in [2.24, 2.45) is 50.2 Å². The van der Waals surface area contributed by atoms with Crippen LogP contribution in [-0.2, 0) is 9.53 Å². The smallest absolute Gasteiger partial charge is 0.333 e. The molecule has 0 aromatic heterocycles. The molecule has 0 heterocycles. The van der Waals surface area contributed by atoms with Gasteiger partial charge in [0.1, 0.15) is 6.61 Å². The van der Waals surface area contributed by atoms with Crippen LogP contribution in [0.1, 0.15) is 107 Å². The minimum Gasteiger partial charge on any atom is -0.462 e. The predicted molar refractivity (Wildman–Crippen MR) is 160 cm³/mol. The standard InChI is InChI=1S/C35H56O6/c1-10-20(2)29(40)41-19-35-22(17-30(3,4)18-26(35)37)21-11-12-24-32(7)15-14-25(36)31(5,6)23(32)13-16-33(24,8)34(21,9)27(38)28(35)39/h10-11,22-28,36-39H,12-19H2,1-9H3. The number of hydrogen-bond acceptors (Lipinski definition) is 6. The van der Waals surface area contributed by atoms with Crippen molar-refractivity contribution in [2.75, 3.05) is 6.61 Å². The zero-order valence-corrected chi connectivity index (χ0v) is 27.0. The Morgan fingerprint density at radius 2 is 1.59 bits per heavy atom. The highest BCUT2D eigenvalue weighted by Gasteiger charge is 2.74. The van der Waals surface area contributed by atoms with E-state index in [1.807, 2.05) is 0 Å². The molecule has 4 saturated carbocycles. The van der Waals surface area contributed by atoms with E-state index in [0.29, 0.717) is 23.8 Å². The van der Waals surface area contributed by atoms with Gasteiger partial charge in [-0.2, -0.15) is 0 Å². The molecule has 6 nitrogen and oxygen atoms in total. The normalized spacial score (nSPS) is 50.4. The van der Waals surface area contributed by atoms with Gasteiger partial charge in [0.2, 0.25) is 0 Å². The van der Waals surface area contributed by atoms with Crippen LogP contribution in [0.3, 0.4) is 0 Å². The summed E-state index contributed by atoms with van der Waals surface area (Å²) in [7, 11) is 0. The Balaban J connectivity index is 1.63. The third kappa shape index (κ3) is 3.98. The van der Waals surface area contributed by atoms with Crippen LogP contribution in [0.5, 0.6) is 0 Å². The quantitative estimate of drug-likeness (QED) is 0.200. The molecule has 5 rings (SSSR count). The first-order valence-corrected chi connectivity index (χ1v) is 16.1. The minimum absolute atomic E-state index is 0.00483. The third-order valence-corrected chi connectivity index (χ3v) is 14.2. The molecule has 4 fully saturated rings. The fourth-order valence-electron chi connectivity index (χ4n) is 11.4. The topological polar surface area (TPSA) is 107 Å². The van der Waals surface area contributed by atoms with E-state index in [9.17, 15) is 25.2 Å². The number of allylic oxidation sites excluding steroid dienone is 2. The second kappa shape index (κ2) is 9.64. The molecule has 41 heavy (non-hydrogen) atoms. The second-order valence-electron chi connectivity index (χ2n) is 16.7. The number of carbonyl (C=O) groups excluding carboxylic acids is 1. The van der Waals surface area contributed by atoms with E-state index in [2.05, 4.69) is 54.5 Å². The van der Waals surface area contributed by atoms with E-state index in [4.69, 9.17) is 4.74 Å². The fraction of sp³-hybridized carbons (Fsp3) is 0.857. The van der Waals surface area contributed by atoms with Crippen molar-refractivity contribution >= 4 is 5.97 Å². The molecule has 232 valence electrons. The van der Waals surface area contributed by atoms with Crippen molar-refractivity contribution in [3.8, 4) is 0 Å². The predicted octanol–water partition coefficient (Wildman–Crippen LogP) is 5.57. The minimum atomic E-state index is -1.25. The van der Waals surface area contributed by atoms with Gasteiger partial charge in [-0.1, -0.05) is 66.2 Å². The number of ether oxygens (including phenoxy) is 1. The van der Waals surface area contributed by atoms with Gasteiger partial charge in [-0.15, -0.1) is 0 Å². The SMILES string of the molecule is CC=C(C)C(=O)OCC12C(O)CC(C)(C)CC1C1=CCC3C4(C)CCC(O)C(C)(C)C4CCC3(C)C1(C)C(O)C2O. The summed E-state index contributed by atoms with van der Waals surface area (Å²) in [5.41, 5.74) is -0.881. The highest BCUT2D eigenvalue weighted by atomic mass is 16.5. The van der Waals surface area contributed by atoms with Gasteiger partial charge in [-0.3, -0.25) is 0 Å². The highest BCUT2D eigenvalue weighted by Crippen LogP contribution is 2.75. The maximum atomic E-state index is 12.8. The van der Waals surface area contributed by atoms with Gasteiger partial charge in [0.05, 0.1) is 29.8 Å². The molecule has 0 spiro atoms. The Labute approximate surface area is 247 Å².